The van der Waals surface area contributed by atoms with Crippen molar-refractivity contribution in [2.24, 2.45) is 11.8 Å². The molecule has 2 aliphatic rings. The van der Waals surface area contributed by atoms with E-state index in [-0.39, 0.29) is 6.10 Å². The van der Waals surface area contributed by atoms with Crippen molar-refractivity contribution < 1.29 is 9.84 Å². The van der Waals surface area contributed by atoms with Gasteiger partial charge in [-0.15, -0.1) is 0 Å². The molecule has 5 rings (SSSR count). The van der Waals surface area contributed by atoms with Crippen LogP contribution in [0.2, 0.25) is 0 Å². The van der Waals surface area contributed by atoms with Crippen molar-refractivity contribution in [3.63, 3.8) is 0 Å². The summed E-state index contributed by atoms with van der Waals surface area (Å²) in [6.45, 7) is 3.90. The van der Waals surface area contributed by atoms with Crippen LogP contribution in [0.25, 0.3) is 5.69 Å². The van der Waals surface area contributed by atoms with Crippen LogP contribution in [0.3, 0.4) is 0 Å². The second kappa shape index (κ2) is 8.67. The quantitative estimate of drug-likeness (QED) is 0.661. The molecule has 2 aromatic carbocycles. The third-order valence-corrected chi connectivity index (χ3v) is 6.59. The van der Waals surface area contributed by atoms with Crippen LogP contribution in [0.4, 0.5) is 5.95 Å². The van der Waals surface area contributed by atoms with Gasteiger partial charge in [-0.2, -0.15) is 4.68 Å². The number of aromatic nitrogens is 4. The lowest BCUT2D eigenvalue weighted by Gasteiger charge is -2.35. The number of nitrogens with zero attached hydrogens (tertiary/aromatic N) is 5. The van der Waals surface area contributed by atoms with Crippen LogP contribution < -0.4 is 9.64 Å². The zero-order valence-electron chi connectivity index (χ0n) is 17.8. The SMILES string of the molecule is CCCc1ccccc1O[C@@H]1C[C@@H]2CN(c3nnnn3-c3ccccc3)C[C@@H]2C[C@H]1O. The molecule has 0 unspecified atom stereocenters. The summed E-state index contributed by atoms with van der Waals surface area (Å²) in [5.41, 5.74) is 2.17. The minimum Gasteiger partial charge on any atom is -0.487 e. The maximum absolute atomic E-state index is 10.9. The lowest BCUT2D eigenvalue weighted by atomic mass is 9.78. The van der Waals surface area contributed by atoms with Crippen molar-refractivity contribution in [3.05, 3.63) is 60.2 Å². The first kappa shape index (κ1) is 20.0. The van der Waals surface area contributed by atoms with Gasteiger partial charge in [0.05, 0.1) is 11.8 Å². The number of hydrogen-bond donors (Lipinski definition) is 1. The number of tetrazole rings is 1. The molecule has 1 aliphatic carbocycles. The number of aliphatic hydroxyl groups excluding tert-OH is 1. The minimum atomic E-state index is -0.457. The van der Waals surface area contributed by atoms with Crippen molar-refractivity contribution in [2.75, 3.05) is 18.0 Å². The number of hydrogen-bond acceptors (Lipinski definition) is 6. The minimum absolute atomic E-state index is 0.177. The fraction of sp³-hybridized carbons (Fsp3) is 0.458. The van der Waals surface area contributed by atoms with Crippen LogP contribution in [0.15, 0.2) is 54.6 Å². The van der Waals surface area contributed by atoms with E-state index in [1.807, 2.05) is 42.5 Å². The summed E-state index contributed by atoms with van der Waals surface area (Å²) < 4.78 is 8.16. The molecule has 0 radical (unpaired) electrons. The first-order valence-corrected chi connectivity index (χ1v) is 11.2. The maximum Gasteiger partial charge on any atom is 0.250 e. The van der Waals surface area contributed by atoms with Gasteiger partial charge >= 0.3 is 0 Å². The average Bonchev–Trinajstić information content (AvgIpc) is 3.43. The molecule has 0 spiro atoms. The zero-order valence-corrected chi connectivity index (χ0v) is 17.8. The van der Waals surface area contributed by atoms with Crippen LogP contribution in [-0.4, -0.2) is 50.6 Å². The molecule has 4 atom stereocenters. The monoisotopic (exact) mass is 419 g/mol. The second-order valence-corrected chi connectivity index (χ2v) is 8.70. The number of benzene rings is 2. The van der Waals surface area contributed by atoms with E-state index in [4.69, 9.17) is 4.74 Å². The fourth-order valence-corrected chi connectivity index (χ4v) is 5.05. The summed E-state index contributed by atoms with van der Waals surface area (Å²) in [5.74, 6) is 2.55. The van der Waals surface area contributed by atoms with Crippen molar-refractivity contribution in [1.29, 1.82) is 0 Å². The van der Waals surface area contributed by atoms with Crippen molar-refractivity contribution in [1.82, 2.24) is 20.2 Å². The number of aryl methyl sites for hydroxylation is 1. The van der Waals surface area contributed by atoms with Crippen LogP contribution in [-0.2, 0) is 6.42 Å². The van der Waals surface area contributed by atoms with Crippen molar-refractivity contribution >= 4 is 5.95 Å². The molecule has 7 heteroatoms. The van der Waals surface area contributed by atoms with Gasteiger partial charge in [0.2, 0.25) is 5.95 Å². The highest BCUT2D eigenvalue weighted by Crippen LogP contribution is 2.39. The van der Waals surface area contributed by atoms with Gasteiger partial charge in [0.1, 0.15) is 11.9 Å². The highest BCUT2D eigenvalue weighted by atomic mass is 16.5. The normalized spacial score (nSPS) is 25.4. The fourth-order valence-electron chi connectivity index (χ4n) is 5.05. The number of anilines is 1. The summed E-state index contributed by atoms with van der Waals surface area (Å²) in [6.07, 6.45) is 3.01. The summed E-state index contributed by atoms with van der Waals surface area (Å²) in [4.78, 5) is 2.25. The first-order valence-electron chi connectivity index (χ1n) is 11.2. The number of ether oxygens (including phenoxy) is 1. The molecular weight excluding hydrogens is 390 g/mol. The van der Waals surface area contributed by atoms with Gasteiger partial charge in [0.15, 0.2) is 0 Å². The second-order valence-electron chi connectivity index (χ2n) is 8.70. The highest BCUT2D eigenvalue weighted by molar-refractivity contribution is 5.42. The van der Waals surface area contributed by atoms with Gasteiger partial charge in [-0.3, -0.25) is 0 Å². The molecule has 0 bridgehead atoms. The van der Waals surface area contributed by atoms with E-state index >= 15 is 0 Å². The lowest BCUT2D eigenvalue weighted by Crippen LogP contribution is -2.42. The van der Waals surface area contributed by atoms with E-state index in [9.17, 15) is 5.11 Å². The predicted molar refractivity (Wildman–Crippen MR) is 118 cm³/mol. The molecule has 1 saturated carbocycles. The Balaban J connectivity index is 1.31. The topological polar surface area (TPSA) is 76.3 Å². The van der Waals surface area contributed by atoms with Gasteiger partial charge in [0, 0.05) is 13.1 Å². The molecule has 2 heterocycles. The maximum atomic E-state index is 10.9. The lowest BCUT2D eigenvalue weighted by molar-refractivity contribution is -0.0235. The summed E-state index contributed by atoms with van der Waals surface area (Å²) >= 11 is 0. The van der Waals surface area contributed by atoms with E-state index in [0.717, 1.165) is 56.2 Å². The first-order chi connectivity index (χ1) is 15.2. The molecule has 162 valence electrons. The molecule has 31 heavy (non-hydrogen) atoms. The van der Waals surface area contributed by atoms with Gasteiger partial charge < -0.3 is 14.7 Å². The Morgan fingerprint density at radius 3 is 2.55 bits per heavy atom. The molecule has 1 N–H and O–H groups in total. The molecular formula is C24H29N5O2. The van der Waals surface area contributed by atoms with E-state index in [1.165, 1.54) is 5.56 Å². The summed E-state index contributed by atoms with van der Waals surface area (Å²) in [5, 5.41) is 23.3. The molecule has 3 aromatic rings. The zero-order chi connectivity index (χ0) is 21.2. The molecule has 2 fully saturated rings. The Morgan fingerprint density at radius 1 is 1.00 bits per heavy atom. The Hall–Kier alpha value is -2.93. The average molecular weight is 420 g/mol. The van der Waals surface area contributed by atoms with Crippen molar-refractivity contribution in [2.45, 2.75) is 44.8 Å². The number of para-hydroxylation sites is 2. The molecule has 7 nitrogen and oxygen atoms in total. The van der Waals surface area contributed by atoms with E-state index < -0.39 is 6.10 Å². The van der Waals surface area contributed by atoms with E-state index in [1.54, 1.807) is 4.68 Å². The summed E-state index contributed by atoms with van der Waals surface area (Å²) in [7, 11) is 0. The van der Waals surface area contributed by atoms with Crippen LogP contribution >= 0.6 is 0 Å². The third kappa shape index (κ3) is 4.02. The van der Waals surface area contributed by atoms with E-state index in [0.29, 0.717) is 11.8 Å². The number of rotatable bonds is 6. The highest BCUT2D eigenvalue weighted by Gasteiger charge is 2.44. The van der Waals surface area contributed by atoms with E-state index in [2.05, 4.69) is 39.5 Å². The van der Waals surface area contributed by atoms with Crippen molar-refractivity contribution in [3.8, 4) is 11.4 Å². The predicted octanol–water partition coefficient (Wildman–Crippen LogP) is 3.27. The molecule has 0 amide bonds. The van der Waals surface area contributed by atoms with Gasteiger partial charge in [-0.1, -0.05) is 54.8 Å². The molecule has 1 aliphatic heterocycles. The Bertz CT molecular complexity index is 1010. The van der Waals surface area contributed by atoms with Crippen LogP contribution in [0.1, 0.15) is 31.7 Å². The van der Waals surface area contributed by atoms with Gasteiger partial charge in [-0.25, -0.2) is 0 Å². The number of aliphatic hydroxyl groups is 1. The Kier molecular flexibility index (Phi) is 5.59. The van der Waals surface area contributed by atoms with Gasteiger partial charge in [0.25, 0.3) is 0 Å². The smallest absolute Gasteiger partial charge is 0.250 e. The summed E-state index contributed by atoms with van der Waals surface area (Å²) in [6, 6.07) is 18.2. The molecule has 1 aromatic heterocycles. The Labute approximate surface area is 182 Å². The number of fused-ring (bicyclic) bond motifs is 1. The largest absolute Gasteiger partial charge is 0.487 e. The van der Waals surface area contributed by atoms with Crippen LogP contribution in [0, 0.1) is 11.8 Å². The standard InChI is InChI=1S/C24H29N5O2/c1-2-8-17-9-6-7-12-22(17)31-23-14-19-16-28(15-18(19)13-21(23)30)24-25-26-27-29(24)20-10-4-3-5-11-20/h3-7,9-12,18-19,21,23,30H,2,8,13-16H2,1H3/t18-,19+,21+,23+/m0/s1. The Morgan fingerprint density at radius 2 is 1.74 bits per heavy atom. The third-order valence-electron chi connectivity index (χ3n) is 6.59. The molecule has 1 saturated heterocycles. The van der Waals surface area contributed by atoms with Gasteiger partial charge in [-0.05, 0) is 65.3 Å². The van der Waals surface area contributed by atoms with Crippen LogP contribution in [0.5, 0.6) is 5.75 Å².